The molecule has 2 N–H and O–H groups in total. The van der Waals surface area contributed by atoms with E-state index >= 15 is 0 Å². The average molecular weight is 285 g/mol. The van der Waals surface area contributed by atoms with Gasteiger partial charge in [-0.25, -0.2) is 4.98 Å². The van der Waals surface area contributed by atoms with Crippen molar-refractivity contribution in [1.29, 1.82) is 5.26 Å². The zero-order valence-electron chi connectivity index (χ0n) is 11.8. The molecule has 0 unspecified atom stereocenters. The number of aromatic nitrogens is 3. The molecule has 108 valence electrons. The Kier molecular flexibility index (Phi) is 4.18. The smallest absolute Gasteiger partial charge is 0.328 e. The molecule has 0 fully saturated rings. The molecule has 0 aromatic carbocycles. The predicted molar refractivity (Wildman–Crippen MR) is 74.9 cm³/mol. The highest BCUT2D eigenvalue weighted by Crippen LogP contribution is 2.14. The van der Waals surface area contributed by atoms with Crippen LogP contribution in [0.15, 0.2) is 18.3 Å². The Hall–Kier alpha value is -2.88. The van der Waals surface area contributed by atoms with Crippen molar-refractivity contribution >= 4 is 11.7 Å². The summed E-state index contributed by atoms with van der Waals surface area (Å²) in [4.78, 5) is 15.7. The van der Waals surface area contributed by atoms with E-state index in [2.05, 4.69) is 10.1 Å². The first-order valence-corrected chi connectivity index (χ1v) is 6.32. The summed E-state index contributed by atoms with van der Waals surface area (Å²) in [6.07, 6.45) is 1.52. The standard InChI is InChI=1S/C14H15N5O2/c1-9-14(16)10(2)19(18-9)7-13(20)21-8-11-4-3-5-17-12(11)6-15/h3-5H,7-8,16H2,1-2H3. The molecule has 0 saturated heterocycles. The number of nitriles is 1. The van der Waals surface area contributed by atoms with Crippen molar-refractivity contribution in [1.82, 2.24) is 14.8 Å². The summed E-state index contributed by atoms with van der Waals surface area (Å²) in [6, 6.07) is 5.33. The Balaban J connectivity index is 2.00. The first-order valence-electron chi connectivity index (χ1n) is 6.32. The van der Waals surface area contributed by atoms with Crippen LogP contribution in [0.1, 0.15) is 22.6 Å². The molecule has 0 atom stereocenters. The Morgan fingerprint density at radius 3 is 2.90 bits per heavy atom. The second kappa shape index (κ2) is 6.05. The van der Waals surface area contributed by atoms with Crippen molar-refractivity contribution in [2.75, 3.05) is 5.73 Å². The first kappa shape index (κ1) is 14.5. The van der Waals surface area contributed by atoms with Gasteiger partial charge in [-0.15, -0.1) is 0 Å². The SMILES string of the molecule is Cc1nn(CC(=O)OCc2cccnc2C#N)c(C)c1N. The molecule has 0 saturated carbocycles. The minimum atomic E-state index is -0.451. The quantitative estimate of drug-likeness (QED) is 0.843. The Labute approximate surface area is 122 Å². The summed E-state index contributed by atoms with van der Waals surface area (Å²) in [6.45, 7) is 3.55. The van der Waals surface area contributed by atoms with E-state index in [0.717, 1.165) is 5.69 Å². The second-order valence-electron chi connectivity index (χ2n) is 4.53. The number of nitrogens with zero attached hydrogens (tertiary/aromatic N) is 4. The maximum absolute atomic E-state index is 11.8. The Morgan fingerprint density at radius 1 is 1.52 bits per heavy atom. The summed E-state index contributed by atoms with van der Waals surface area (Å²) in [5.74, 6) is -0.451. The van der Waals surface area contributed by atoms with Crippen molar-refractivity contribution in [2.45, 2.75) is 27.0 Å². The zero-order chi connectivity index (χ0) is 15.4. The van der Waals surface area contributed by atoms with E-state index in [0.29, 0.717) is 16.9 Å². The van der Waals surface area contributed by atoms with Gasteiger partial charge in [-0.2, -0.15) is 10.4 Å². The molecule has 21 heavy (non-hydrogen) atoms. The number of hydrogen-bond acceptors (Lipinski definition) is 6. The number of aryl methyl sites for hydroxylation is 1. The molecule has 2 aromatic rings. The zero-order valence-corrected chi connectivity index (χ0v) is 11.8. The number of nitrogen functional groups attached to an aromatic ring is 1. The average Bonchev–Trinajstić information content (AvgIpc) is 2.72. The third kappa shape index (κ3) is 3.17. The lowest BCUT2D eigenvalue weighted by molar-refractivity contribution is -0.145. The third-order valence-corrected chi connectivity index (χ3v) is 3.10. The van der Waals surface area contributed by atoms with E-state index in [-0.39, 0.29) is 18.8 Å². The number of hydrogen-bond donors (Lipinski definition) is 1. The van der Waals surface area contributed by atoms with Gasteiger partial charge in [0.15, 0.2) is 0 Å². The van der Waals surface area contributed by atoms with E-state index in [1.807, 2.05) is 6.07 Å². The first-order chi connectivity index (χ1) is 10.0. The number of pyridine rings is 1. The molecule has 2 aromatic heterocycles. The minimum absolute atomic E-state index is 0.00431. The van der Waals surface area contributed by atoms with E-state index < -0.39 is 5.97 Å². The number of ether oxygens (including phenoxy) is 1. The molecule has 0 radical (unpaired) electrons. The maximum Gasteiger partial charge on any atom is 0.328 e. The summed E-state index contributed by atoms with van der Waals surface area (Å²) in [5, 5.41) is 13.1. The van der Waals surface area contributed by atoms with Crippen molar-refractivity contribution < 1.29 is 9.53 Å². The largest absolute Gasteiger partial charge is 0.459 e. The number of carbonyl (C=O) groups is 1. The van der Waals surface area contributed by atoms with Crippen LogP contribution < -0.4 is 5.73 Å². The summed E-state index contributed by atoms with van der Waals surface area (Å²) in [7, 11) is 0. The molecule has 0 aliphatic heterocycles. The topological polar surface area (TPSA) is 107 Å². The summed E-state index contributed by atoms with van der Waals surface area (Å²) < 4.78 is 6.65. The van der Waals surface area contributed by atoms with Crippen molar-refractivity contribution in [3.05, 3.63) is 41.0 Å². The normalized spacial score (nSPS) is 10.1. The summed E-state index contributed by atoms with van der Waals surface area (Å²) >= 11 is 0. The minimum Gasteiger partial charge on any atom is -0.459 e. The molecule has 2 rings (SSSR count). The second-order valence-corrected chi connectivity index (χ2v) is 4.53. The van der Waals surface area contributed by atoms with Gasteiger partial charge in [-0.05, 0) is 19.9 Å². The summed E-state index contributed by atoms with van der Waals surface area (Å²) in [5.41, 5.74) is 8.60. The van der Waals surface area contributed by atoms with Gasteiger partial charge in [0, 0.05) is 11.8 Å². The highest BCUT2D eigenvalue weighted by molar-refractivity contribution is 5.69. The molecular formula is C14H15N5O2. The van der Waals surface area contributed by atoms with E-state index in [1.54, 1.807) is 26.0 Å². The van der Waals surface area contributed by atoms with Crippen LogP contribution >= 0.6 is 0 Å². The molecule has 0 aliphatic carbocycles. The number of nitrogens with two attached hydrogens (primary N) is 1. The maximum atomic E-state index is 11.8. The fourth-order valence-corrected chi connectivity index (χ4v) is 1.85. The molecule has 0 aliphatic rings. The van der Waals surface area contributed by atoms with E-state index in [9.17, 15) is 4.79 Å². The Bertz CT molecular complexity index is 715. The monoisotopic (exact) mass is 285 g/mol. The van der Waals surface area contributed by atoms with Crippen LogP contribution in [0.25, 0.3) is 0 Å². The van der Waals surface area contributed by atoms with Gasteiger partial charge in [0.2, 0.25) is 0 Å². The van der Waals surface area contributed by atoms with Crippen LogP contribution in [-0.4, -0.2) is 20.7 Å². The lowest BCUT2D eigenvalue weighted by atomic mass is 10.2. The molecule has 2 heterocycles. The van der Waals surface area contributed by atoms with Crippen LogP contribution in [0.2, 0.25) is 0 Å². The lowest BCUT2D eigenvalue weighted by Crippen LogP contribution is -2.16. The highest BCUT2D eigenvalue weighted by Gasteiger charge is 2.13. The van der Waals surface area contributed by atoms with Crippen LogP contribution in [0.5, 0.6) is 0 Å². The number of carbonyl (C=O) groups excluding carboxylic acids is 1. The van der Waals surface area contributed by atoms with Gasteiger partial charge in [0.05, 0.1) is 17.1 Å². The van der Waals surface area contributed by atoms with Gasteiger partial charge in [0.25, 0.3) is 0 Å². The van der Waals surface area contributed by atoms with Gasteiger partial charge in [-0.3, -0.25) is 9.48 Å². The molecule has 0 spiro atoms. The number of rotatable bonds is 4. The molecule has 7 nitrogen and oxygen atoms in total. The van der Waals surface area contributed by atoms with Crippen molar-refractivity contribution in [3.63, 3.8) is 0 Å². The molecular weight excluding hydrogens is 270 g/mol. The fraction of sp³-hybridized carbons (Fsp3) is 0.286. The van der Waals surface area contributed by atoms with Crippen LogP contribution in [-0.2, 0) is 22.7 Å². The van der Waals surface area contributed by atoms with Crippen molar-refractivity contribution in [2.24, 2.45) is 0 Å². The number of anilines is 1. The predicted octanol–water partition coefficient (Wildman–Crippen LogP) is 1.09. The lowest BCUT2D eigenvalue weighted by Gasteiger charge is -2.07. The third-order valence-electron chi connectivity index (χ3n) is 3.10. The van der Waals surface area contributed by atoms with Crippen LogP contribution in [0.3, 0.4) is 0 Å². The van der Waals surface area contributed by atoms with Gasteiger partial charge >= 0.3 is 5.97 Å². The fourth-order valence-electron chi connectivity index (χ4n) is 1.85. The number of esters is 1. The van der Waals surface area contributed by atoms with Gasteiger partial charge in [-0.1, -0.05) is 6.07 Å². The van der Waals surface area contributed by atoms with Gasteiger partial charge < -0.3 is 10.5 Å². The van der Waals surface area contributed by atoms with E-state index in [1.165, 1.54) is 10.9 Å². The van der Waals surface area contributed by atoms with Crippen molar-refractivity contribution in [3.8, 4) is 6.07 Å². The highest BCUT2D eigenvalue weighted by atomic mass is 16.5. The van der Waals surface area contributed by atoms with Crippen LogP contribution in [0, 0.1) is 25.2 Å². The van der Waals surface area contributed by atoms with Crippen LogP contribution in [0.4, 0.5) is 5.69 Å². The Morgan fingerprint density at radius 2 is 2.29 bits per heavy atom. The van der Waals surface area contributed by atoms with Gasteiger partial charge in [0.1, 0.15) is 24.9 Å². The van der Waals surface area contributed by atoms with E-state index in [4.69, 9.17) is 15.7 Å². The molecule has 0 amide bonds. The molecule has 7 heteroatoms. The molecule has 0 bridgehead atoms.